The minimum absolute atomic E-state index is 0.0732. The Morgan fingerprint density at radius 3 is 2.56 bits per heavy atom. The Kier molecular flexibility index (Phi) is 4.57. The minimum Gasteiger partial charge on any atom is -0.451 e. The van der Waals surface area contributed by atoms with E-state index in [-0.39, 0.29) is 17.4 Å². The Bertz CT molecular complexity index is 944. The second-order valence-corrected chi connectivity index (χ2v) is 6.69. The summed E-state index contributed by atoms with van der Waals surface area (Å²) in [7, 11) is 0. The van der Waals surface area contributed by atoms with Gasteiger partial charge in [-0.25, -0.2) is 4.79 Å². The molecule has 2 heterocycles. The van der Waals surface area contributed by atoms with Crippen molar-refractivity contribution in [1.82, 2.24) is 4.98 Å². The van der Waals surface area contributed by atoms with Crippen LogP contribution in [0, 0.1) is 0 Å². The van der Waals surface area contributed by atoms with Crippen LogP contribution in [0.3, 0.4) is 0 Å². The van der Waals surface area contributed by atoms with Gasteiger partial charge in [0.1, 0.15) is 11.2 Å². The van der Waals surface area contributed by atoms with E-state index in [1.165, 1.54) is 24.1 Å². The smallest absolute Gasteiger partial charge is 0.355 e. The number of Topliss-reactive ketones (excluding diaryl/α,β-unsaturated/α-hetero) is 1. The number of ether oxygens (including phenoxy) is 1. The van der Waals surface area contributed by atoms with Gasteiger partial charge in [-0.3, -0.25) is 19.3 Å². The third-order valence-electron chi connectivity index (χ3n) is 4.39. The number of aromatic nitrogens is 1. The number of fused-ring (bicyclic) bond motifs is 1. The van der Waals surface area contributed by atoms with Gasteiger partial charge in [0.05, 0.1) is 11.4 Å². The quantitative estimate of drug-likeness (QED) is 0.634. The zero-order chi connectivity index (χ0) is 19.8. The Morgan fingerprint density at radius 1 is 1.19 bits per heavy atom. The van der Waals surface area contributed by atoms with E-state index >= 15 is 0 Å². The number of carbonyl (C=O) groups excluding carboxylic acids is 4. The molecule has 1 aromatic carbocycles. The Labute approximate surface area is 155 Å². The SMILES string of the molecule is CC(=O)c1c[nH]c(C(=O)OCC(=O)N2c3ccccc3NC(=O)C2(C)C)c1. The molecule has 1 aliphatic heterocycles. The summed E-state index contributed by atoms with van der Waals surface area (Å²) in [6.45, 7) is 4.06. The van der Waals surface area contributed by atoms with Crippen molar-refractivity contribution < 1.29 is 23.9 Å². The van der Waals surface area contributed by atoms with Crippen LogP contribution in [0.4, 0.5) is 11.4 Å². The number of nitrogens with zero attached hydrogens (tertiary/aromatic N) is 1. The number of ketones is 1. The summed E-state index contributed by atoms with van der Waals surface area (Å²) in [4.78, 5) is 52.5. The molecule has 3 rings (SSSR count). The maximum Gasteiger partial charge on any atom is 0.355 e. The monoisotopic (exact) mass is 369 g/mol. The lowest BCUT2D eigenvalue weighted by molar-refractivity contribution is -0.128. The van der Waals surface area contributed by atoms with Gasteiger partial charge in [0.25, 0.3) is 5.91 Å². The second-order valence-electron chi connectivity index (χ2n) is 6.69. The van der Waals surface area contributed by atoms with Gasteiger partial charge in [-0.1, -0.05) is 12.1 Å². The molecule has 0 atom stereocenters. The fraction of sp³-hybridized carbons (Fsp3) is 0.263. The maximum atomic E-state index is 12.8. The first-order chi connectivity index (χ1) is 12.7. The van der Waals surface area contributed by atoms with Crippen LogP contribution in [-0.4, -0.2) is 40.7 Å². The predicted molar refractivity (Wildman–Crippen MR) is 97.7 cm³/mol. The molecule has 0 radical (unpaired) electrons. The third-order valence-corrected chi connectivity index (χ3v) is 4.39. The largest absolute Gasteiger partial charge is 0.451 e. The Hall–Kier alpha value is -3.42. The van der Waals surface area contributed by atoms with Gasteiger partial charge in [-0.05, 0) is 39.0 Å². The number of rotatable bonds is 4. The molecule has 2 amide bonds. The molecule has 8 heteroatoms. The summed E-state index contributed by atoms with van der Waals surface area (Å²) in [5.74, 6) is -1.83. The number of carbonyl (C=O) groups is 4. The van der Waals surface area contributed by atoms with E-state index in [0.717, 1.165) is 0 Å². The average molecular weight is 369 g/mol. The second kappa shape index (κ2) is 6.71. The van der Waals surface area contributed by atoms with Crippen LogP contribution in [-0.2, 0) is 14.3 Å². The van der Waals surface area contributed by atoms with Crippen LogP contribution in [0.1, 0.15) is 41.6 Å². The van der Waals surface area contributed by atoms with Crippen molar-refractivity contribution in [2.24, 2.45) is 0 Å². The van der Waals surface area contributed by atoms with Crippen molar-refractivity contribution >= 4 is 34.9 Å². The van der Waals surface area contributed by atoms with Gasteiger partial charge in [0.2, 0.25) is 5.91 Å². The molecule has 0 saturated heterocycles. The molecule has 27 heavy (non-hydrogen) atoms. The first kappa shape index (κ1) is 18.4. The van der Waals surface area contributed by atoms with Crippen molar-refractivity contribution in [2.45, 2.75) is 26.3 Å². The van der Waals surface area contributed by atoms with Crippen LogP contribution < -0.4 is 10.2 Å². The summed E-state index contributed by atoms with van der Waals surface area (Å²) < 4.78 is 5.08. The molecular formula is C19H19N3O5. The highest BCUT2D eigenvalue weighted by molar-refractivity contribution is 6.14. The lowest BCUT2D eigenvalue weighted by Gasteiger charge is -2.41. The van der Waals surface area contributed by atoms with Crippen LogP contribution in [0.2, 0.25) is 0 Å². The Balaban J connectivity index is 1.77. The topological polar surface area (TPSA) is 109 Å². The summed E-state index contributed by atoms with van der Waals surface area (Å²) in [5, 5.41) is 2.76. The highest BCUT2D eigenvalue weighted by atomic mass is 16.5. The number of anilines is 2. The van der Waals surface area contributed by atoms with Crippen molar-refractivity contribution in [2.75, 3.05) is 16.8 Å². The molecule has 8 nitrogen and oxygen atoms in total. The summed E-state index contributed by atoms with van der Waals surface area (Å²) in [6, 6.07) is 8.26. The number of esters is 1. The van der Waals surface area contributed by atoms with Crippen molar-refractivity contribution in [3.05, 3.63) is 47.8 Å². The van der Waals surface area contributed by atoms with Gasteiger partial charge in [0, 0.05) is 11.8 Å². The predicted octanol–water partition coefficient (Wildman–Crippen LogP) is 2.14. The highest BCUT2D eigenvalue weighted by Gasteiger charge is 2.43. The zero-order valence-electron chi connectivity index (χ0n) is 15.2. The standard InChI is InChI=1S/C19H19N3O5/c1-11(23)12-8-14(20-9-12)17(25)27-10-16(24)22-15-7-5-4-6-13(15)21-18(26)19(22,2)3/h4-9,20H,10H2,1-3H3,(H,21,26). The van der Waals surface area contributed by atoms with E-state index in [9.17, 15) is 19.2 Å². The van der Waals surface area contributed by atoms with E-state index in [1.54, 1.807) is 38.1 Å². The normalized spacial score (nSPS) is 14.9. The first-order valence-electron chi connectivity index (χ1n) is 8.32. The molecule has 0 bridgehead atoms. The molecule has 2 aromatic rings. The number of hydrogen-bond donors (Lipinski definition) is 2. The number of nitrogens with one attached hydrogen (secondary N) is 2. The molecule has 0 fully saturated rings. The van der Waals surface area contributed by atoms with Gasteiger partial charge in [-0.15, -0.1) is 0 Å². The van der Waals surface area contributed by atoms with E-state index in [4.69, 9.17) is 4.74 Å². The lowest BCUT2D eigenvalue weighted by atomic mass is 9.96. The van der Waals surface area contributed by atoms with E-state index < -0.39 is 24.0 Å². The maximum absolute atomic E-state index is 12.8. The van der Waals surface area contributed by atoms with E-state index in [2.05, 4.69) is 10.3 Å². The third kappa shape index (κ3) is 3.33. The molecule has 0 saturated carbocycles. The minimum atomic E-state index is -1.15. The number of hydrogen-bond acceptors (Lipinski definition) is 5. The fourth-order valence-electron chi connectivity index (χ4n) is 2.88. The highest BCUT2D eigenvalue weighted by Crippen LogP contribution is 2.36. The molecule has 0 unspecified atom stereocenters. The van der Waals surface area contributed by atoms with Gasteiger partial charge < -0.3 is 15.0 Å². The molecule has 140 valence electrons. The average Bonchev–Trinajstić information content (AvgIpc) is 3.11. The van der Waals surface area contributed by atoms with Crippen LogP contribution in [0.25, 0.3) is 0 Å². The number of H-pyrrole nitrogens is 1. The molecule has 0 aliphatic carbocycles. The van der Waals surface area contributed by atoms with Crippen LogP contribution in [0.15, 0.2) is 36.5 Å². The van der Waals surface area contributed by atoms with Gasteiger partial charge in [-0.2, -0.15) is 0 Å². The summed E-state index contributed by atoms with van der Waals surface area (Å²) in [6.07, 6.45) is 1.40. The van der Waals surface area contributed by atoms with E-state index in [0.29, 0.717) is 16.9 Å². The van der Waals surface area contributed by atoms with Gasteiger partial charge in [0.15, 0.2) is 12.4 Å². The first-order valence-corrected chi connectivity index (χ1v) is 8.32. The number of amides is 2. The zero-order valence-corrected chi connectivity index (χ0v) is 15.2. The number of aromatic amines is 1. The summed E-state index contributed by atoms with van der Waals surface area (Å²) in [5.41, 5.74) is 0.311. The number of para-hydroxylation sites is 2. The number of benzene rings is 1. The molecular weight excluding hydrogens is 350 g/mol. The molecule has 1 aromatic heterocycles. The van der Waals surface area contributed by atoms with Crippen molar-refractivity contribution in [1.29, 1.82) is 0 Å². The van der Waals surface area contributed by atoms with Gasteiger partial charge >= 0.3 is 5.97 Å². The van der Waals surface area contributed by atoms with Crippen molar-refractivity contribution in [3.8, 4) is 0 Å². The fourth-order valence-corrected chi connectivity index (χ4v) is 2.88. The Morgan fingerprint density at radius 2 is 1.89 bits per heavy atom. The van der Waals surface area contributed by atoms with Crippen molar-refractivity contribution in [3.63, 3.8) is 0 Å². The summed E-state index contributed by atoms with van der Waals surface area (Å²) >= 11 is 0. The van der Waals surface area contributed by atoms with E-state index in [1.807, 2.05) is 0 Å². The lowest BCUT2D eigenvalue weighted by Crippen LogP contribution is -2.59. The van der Waals surface area contributed by atoms with Crippen LogP contribution >= 0.6 is 0 Å². The molecule has 1 aliphatic rings. The molecule has 0 spiro atoms. The molecule has 2 N–H and O–H groups in total. The van der Waals surface area contributed by atoms with Crippen LogP contribution in [0.5, 0.6) is 0 Å².